The van der Waals surface area contributed by atoms with Crippen molar-refractivity contribution < 1.29 is 41.8 Å². The lowest BCUT2D eigenvalue weighted by molar-refractivity contribution is -0.117. The number of aromatic amines is 2. The molecule has 12 nitrogen and oxygen atoms in total. The van der Waals surface area contributed by atoms with Gasteiger partial charge < -0.3 is 33.9 Å². The fourth-order valence-corrected chi connectivity index (χ4v) is 6.02. The Labute approximate surface area is 259 Å². The van der Waals surface area contributed by atoms with E-state index in [4.69, 9.17) is 13.9 Å². The summed E-state index contributed by atoms with van der Waals surface area (Å²) in [6.45, 7) is 3.97. The average Bonchev–Trinajstić information content (AvgIpc) is 3.69. The van der Waals surface area contributed by atoms with E-state index in [1.807, 2.05) is 0 Å². The number of ketones is 1. The molecule has 0 saturated heterocycles. The molecule has 3 N–H and O–H groups in total. The number of esters is 1. The van der Waals surface area contributed by atoms with Gasteiger partial charge in [0.1, 0.15) is 22.8 Å². The third-order valence-electron chi connectivity index (χ3n) is 6.97. The number of hydrogen-bond donors (Lipinski definition) is 3. The van der Waals surface area contributed by atoms with Crippen molar-refractivity contribution in [2.24, 2.45) is 0 Å². The molecule has 1 aromatic carbocycles. The van der Waals surface area contributed by atoms with E-state index in [1.165, 1.54) is 28.8 Å². The first-order valence-electron chi connectivity index (χ1n) is 14.0. The van der Waals surface area contributed by atoms with E-state index in [0.717, 1.165) is 0 Å². The van der Waals surface area contributed by atoms with Crippen LogP contribution in [0.4, 0.5) is 19.3 Å². The summed E-state index contributed by atoms with van der Waals surface area (Å²) in [4.78, 5) is 51.2. The summed E-state index contributed by atoms with van der Waals surface area (Å²) in [7, 11) is 0. The quantitative estimate of drug-likeness (QED) is 0.204. The number of carbonyl (C=O) groups is 3. The number of fused-ring (bicyclic) bond motifs is 2. The normalized spacial score (nSPS) is 16.5. The topological polar surface area (TPSA) is 152 Å². The maximum Gasteiger partial charge on any atom is 0.411 e. The second-order valence-corrected chi connectivity index (χ2v) is 12.3. The van der Waals surface area contributed by atoms with Crippen molar-refractivity contribution in [3.8, 4) is 5.75 Å². The summed E-state index contributed by atoms with van der Waals surface area (Å²) < 4.78 is 46.7. The Balaban J connectivity index is 1.33. The van der Waals surface area contributed by atoms with Crippen LogP contribution >= 0.6 is 11.8 Å². The fourth-order valence-electron chi connectivity index (χ4n) is 5.25. The number of benzene rings is 1. The average molecular weight is 642 g/mol. The van der Waals surface area contributed by atoms with Crippen molar-refractivity contribution in [2.45, 2.75) is 56.1 Å². The minimum atomic E-state index is -2.95. The first kappa shape index (κ1) is 30.2. The zero-order chi connectivity index (χ0) is 32.0. The van der Waals surface area contributed by atoms with Gasteiger partial charge in [0.2, 0.25) is 0 Å². The number of carbonyl (C=O) groups excluding carboxylic acids is 3. The maximum atomic E-state index is 13.7. The molecule has 45 heavy (non-hydrogen) atoms. The number of nitrogens with one attached hydrogen (secondary N) is 3. The number of halogens is 2. The molecular weight excluding hydrogens is 612 g/mol. The van der Waals surface area contributed by atoms with Gasteiger partial charge >= 0.3 is 18.7 Å². The Morgan fingerprint density at radius 2 is 2.00 bits per heavy atom. The number of aromatic nitrogens is 3. The second kappa shape index (κ2) is 11.6. The summed E-state index contributed by atoms with van der Waals surface area (Å²) >= 11 is 1.17. The van der Waals surface area contributed by atoms with Gasteiger partial charge in [0, 0.05) is 29.1 Å². The molecular formula is C30H29F2N5O7S. The molecule has 0 spiro atoms. The highest BCUT2D eigenvalue weighted by atomic mass is 32.2. The van der Waals surface area contributed by atoms with Crippen LogP contribution in [-0.4, -0.2) is 69.6 Å². The van der Waals surface area contributed by atoms with Crippen LogP contribution < -0.4 is 10.1 Å². The molecule has 2 aliphatic rings. The molecule has 0 fully saturated rings. The Kier molecular flexibility index (Phi) is 7.81. The van der Waals surface area contributed by atoms with Gasteiger partial charge in [0.15, 0.2) is 16.0 Å². The first-order valence-corrected chi connectivity index (χ1v) is 14.8. The molecule has 0 aliphatic carbocycles. The first-order chi connectivity index (χ1) is 21.4. The summed E-state index contributed by atoms with van der Waals surface area (Å²) in [6.07, 6.45) is 0.992. The number of H-pyrrole nitrogens is 2. The number of anilines is 1. The number of imidazole rings is 1. The lowest BCUT2D eigenvalue weighted by Gasteiger charge is -2.36. The zero-order valence-corrected chi connectivity index (χ0v) is 25.5. The molecule has 0 bridgehead atoms. The van der Waals surface area contributed by atoms with Gasteiger partial charge in [0.05, 0.1) is 42.3 Å². The van der Waals surface area contributed by atoms with Crippen LogP contribution in [0.15, 0.2) is 62.5 Å². The Hall–Kier alpha value is -4.79. The van der Waals surface area contributed by atoms with Crippen LogP contribution in [0.1, 0.15) is 55.4 Å². The molecule has 15 heteroatoms. The summed E-state index contributed by atoms with van der Waals surface area (Å²) in [5, 5.41) is 4.08. The molecule has 4 aromatic rings. The van der Waals surface area contributed by atoms with Gasteiger partial charge in [-0.2, -0.15) is 8.78 Å². The number of rotatable bonds is 7. The van der Waals surface area contributed by atoms with E-state index in [1.54, 1.807) is 52.1 Å². The highest BCUT2D eigenvalue weighted by Gasteiger charge is 2.42. The fraction of sp³-hybridized carbons (Fsp3) is 0.333. The molecule has 1 unspecified atom stereocenters. The number of Topliss-reactive ketones (excluding diaryl/α,β-unsaturated/α-hetero) is 1. The lowest BCUT2D eigenvalue weighted by atomic mass is 9.81. The highest BCUT2D eigenvalue weighted by molar-refractivity contribution is 7.99. The summed E-state index contributed by atoms with van der Waals surface area (Å²) in [5.41, 5.74) is 2.31. The van der Waals surface area contributed by atoms with Crippen molar-refractivity contribution in [1.29, 1.82) is 0 Å². The second-order valence-electron chi connectivity index (χ2n) is 11.3. The third kappa shape index (κ3) is 6.12. The number of ether oxygens (including phenoxy) is 3. The Morgan fingerprint density at radius 3 is 2.73 bits per heavy atom. The predicted molar refractivity (Wildman–Crippen MR) is 158 cm³/mol. The van der Waals surface area contributed by atoms with E-state index in [9.17, 15) is 23.2 Å². The maximum absolute atomic E-state index is 13.7. The minimum Gasteiger partial charge on any atom is -0.461 e. The van der Waals surface area contributed by atoms with Crippen LogP contribution in [0.25, 0.3) is 11.0 Å². The van der Waals surface area contributed by atoms with E-state index in [0.29, 0.717) is 49.6 Å². The summed E-state index contributed by atoms with van der Waals surface area (Å²) in [5.74, 6) is -1.19. The molecule has 1 atom stereocenters. The number of hydrogen-bond acceptors (Lipinski definition) is 10. The van der Waals surface area contributed by atoms with Gasteiger partial charge in [-0.1, -0.05) is 0 Å². The van der Waals surface area contributed by atoms with Crippen molar-refractivity contribution in [2.75, 3.05) is 25.0 Å². The van der Waals surface area contributed by atoms with E-state index >= 15 is 0 Å². The van der Waals surface area contributed by atoms with Crippen molar-refractivity contribution in [3.63, 3.8) is 0 Å². The number of amides is 1. The van der Waals surface area contributed by atoms with Crippen LogP contribution in [0.3, 0.4) is 0 Å². The SMILES string of the molecule is CCOC(=O)c1[nH]cc2c1NC1=C(C(=O)CN(C(=O)OC(C)(C)C)C1)C2c1ccc(Sc2nc3cc(OC(F)F)ccc3[nH]2)o1. The Morgan fingerprint density at radius 1 is 1.20 bits per heavy atom. The van der Waals surface area contributed by atoms with E-state index in [2.05, 4.69) is 25.0 Å². The number of alkyl halides is 2. The van der Waals surface area contributed by atoms with Crippen molar-refractivity contribution >= 4 is 46.3 Å². The van der Waals surface area contributed by atoms with Gasteiger partial charge in [0.25, 0.3) is 0 Å². The van der Waals surface area contributed by atoms with Crippen LogP contribution in [0.2, 0.25) is 0 Å². The van der Waals surface area contributed by atoms with E-state index in [-0.39, 0.29) is 36.9 Å². The molecule has 2 aliphatic heterocycles. The lowest BCUT2D eigenvalue weighted by Crippen LogP contribution is -2.47. The molecule has 5 heterocycles. The van der Waals surface area contributed by atoms with Crippen LogP contribution in [0, 0.1) is 0 Å². The minimum absolute atomic E-state index is 0.0114. The summed E-state index contributed by atoms with van der Waals surface area (Å²) in [6, 6.07) is 7.86. The van der Waals surface area contributed by atoms with E-state index < -0.39 is 30.2 Å². The van der Waals surface area contributed by atoms with Crippen LogP contribution in [0.5, 0.6) is 5.75 Å². The van der Waals surface area contributed by atoms with Crippen molar-refractivity contribution in [1.82, 2.24) is 19.9 Å². The van der Waals surface area contributed by atoms with Gasteiger partial charge in [-0.25, -0.2) is 14.6 Å². The monoisotopic (exact) mass is 641 g/mol. The molecule has 0 saturated carbocycles. The van der Waals surface area contributed by atoms with Gasteiger partial charge in [-0.05, 0) is 63.7 Å². The Bertz CT molecular complexity index is 1840. The smallest absolute Gasteiger partial charge is 0.411 e. The highest BCUT2D eigenvalue weighted by Crippen LogP contribution is 2.46. The largest absolute Gasteiger partial charge is 0.461 e. The van der Waals surface area contributed by atoms with Crippen molar-refractivity contribution in [3.05, 3.63) is 64.8 Å². The van der Waals surface area contributed by atoms with Crippen LogP contribution in [-0.2, 0) is 14.3 Å². The molecule has 1 amide bonds. The molecule has 6 rings (SSSR count). The molecule has 236 valence electrons. The molecule has 0 radical (unpaired) electrons. The zero-order valence-electron chi connectivity index (χ0n) is 24.7. The van der Waals surface area contributed by atoms with Gasteiger partial charge in [-0.15, -0.1) is 0 Å². The number of furan rings is 1. The standard InChI is InChI=1S/C30H29F2N5O7S/c1-5-41-26(39)25-24-15(11-33-25)22(23-18(34-24)12-37(13-19(23)38)29(40)44-30(2,3)4)20-8-9-21(43-20)45-28-35-16-7-6-14(42-27(31)32)10-17(16)36-28/h6-11,22,27,33-34H,5,12-13H2,1-4H3,(H,35,36). The van der Waals surface area contributed by atoms with Gasteiger partial charge in [-0.3, -0.25) is 9.69 Å². The molecule has 3 aromatic heterocycles. The predicted octanol–water partition coefficient (Wildman–Crippen LogP) is 6.04. The number of nitrogens with zero attached hydrogens (tertiary/aromatic N) is 2. The third-order valence-corrected chi connectivity index (χ3v) is 7.78.